The summed E-state index contributed by atoms with van der Waals surface area (Å²) in [5.74, 6) is 0.235. The number of nitrogens with one attached hydrogen (secondary N) is 2. The lowest BCUT2D eigenvalue weighted by atomic mass is 10.1. The summed E-state index contributed by atoms with van der Waals surface area (Å²) in [5.41, 5.74) is 4.89. The molecule has 0 heterocycles. The summed E-state index contributed by atoms with van der Waals surface area (Å²) in [6, 6.07) is 17.2. The molecule has 8 nitrogen and oxygen atoms in total. The van der Waals surface area contributed by atoms with Crippen molar-refractivity contribution >= 4 is 57.2 Å². The topological polar surface area (TPSA) is 113 Å². The third-order valence-electron chi connectivity index (χ3n) is 4.94. The SMILES string of the molecule is COc1cc(C=NNC(=O)CCNC(=O)c2ccc(Cl)c(Cl)c2)cc(Br)c1OCc1ccc(C#N)cc1. The lowest BCUT2D eigenvalue weighted by Crippen LogP contribution is -2.29. The molecule has 190 valence electrons. The molecule has 0 spiro atoms. The Labute approximate surface area is 232 Å². The van der Waals surface area contributed by atoms with Crippen molar-refractivity contribution in [3.8, 4) is 17.6 Å². The molecule has 0 radical (unpaired) electrons. The van der Waals surface area contributed by atoms with Gasteiger partial charge in [0.15, 0.2) is 11.5 Å². The third-order valence-corrected chi connectivity index (χ3v) is 6.27. The van der Waals surface area contributed by atoms with Crippen molar-refractivity contribution in [1.29, 1.82) is 5.26 Å². The Morgan fingerprint density at radius 1 is 1.11 bits per heavy atom. The van der Waals surface area contributed by atoms with Crippen molar-refractivity contribution in [1.82, 2.24) is 10.7 Å². The molecule has 0 saturated heterocycles. The molecule has 0 bridgehead atoms. The van der Waals surface area contributed by atoms with Gasteiger partial charge in [0, 0.05) is 18.5 Å². The van der Waals surface area contributed by atoms with Crippen LogP contribution in [0, 0.1) is 11.3 Å². The lowest BCUT2D eigenvalue weighted by Gasteiger charge is -2.13. The van der Waals surface area contributed by atoms with Crippen LogP contribution in [0.5, 0.6) is 11.5 Å². The molecule has 0 fully saturated rings. The average Bonchev–Trinajstić information content (AvgIpc) is 2.89. The molecule has 3 rings (SSSR count). The van der Waals surface area contributed by atoms with Crippen molar-refractivity contribution in [2.75, 3.05) is 13.7 Å². The van der Waals surface area contributed by atoms with Crippen LogP contribution in [-0.4, -0.2) is 31.7 Å². The smallest absolute Gasteiger partial charge is 0.251 e. The normalized spacial score (nSPS) is 10.6. The van der Waals surface area contributed by atoms with Gasteiger partial charge in [0.1, 0.15) is 6.61 Å². The molecule has 0 aliphatic heterocycles. The summed E-state index contributed by atoms with van der Waals surface area (Å²) in [6.45, 7) is 0.400. The first kappa shape index (κ1) is 28.0. The molecule has 3 aromatic rings. The first-order chi connectivity index (χ1) is 17.8. The van der Waals surface area contributed by atoms with Crippen LogP contribution in [0.25, 0.3) is 0 Å². The monoisotopic (exact) mass is 602 g/mol. The zero-order valence-corrected chi connectivity index (χ0v) is 22.7. The van der Waals surface area contributed by atoms with E-state index in [-0.39, 0.29) is 36.4 Å². The van der Waals surface area contributed by atoms with Crippen LogP contribution in [-0.2, 0) is 11.4 Å². The van der Waals surface area contributed by atoms with E-state index in [9.17, 15) is 9.59 Å². The van der Waals surface area contributed by atoms with Crippen LogP contribution in [0.4, 0.5) is 0 Å². The standard InChI is InChI=1S/C26H21BrCl2N4O4/c1-36-23-11-18(10-20(27)25(23)37-15-17-4-2-16(13-30)3-5-17)14-32-33-24(34)8-9-31-26(35)19-6-7-21(28)22(29)12-19/h2-7,10-12,14H,8-9,15H2,1H3,(H,31,35)(H,33,34). The van der Waals surface area contributed by atoms with Gasteiger partial charge in [-0.05, 0) is 69.5 Å². The molecule has 0 unspecified atom stereocenters. The Morgan fingerprint density at radius 2 is 1.86 bits per heavy atom. The van der Waals surface area contributed by atoms with E-state index in [2.05, 4.69) is 37.8 Å². The molecular weight excluding hydrogens is 583 g/mol. The van der Waals surface area contributed by atoms with E-state index in [1.54, 1.807) is 30.3 Å². The van der Waals surface area contributed by atoms with Gasteiger partial charge >= 0.3 is 0 Å². The van der Waals surface area contributed by atoms with Crippen molar-refractivity contribution < 1.29 is 19.1 Å². The second-order valence-electron chi connectivity index (χ2n) is 7.56. The van der Waals surface area contributed by atoms with E-state index in [0.717, 1.165) is 5.56 Å². The predicted molar refractivity (Wildman–Crippen MR) is 145 cm³/mol. The summed E-state index contributed by atoms with van der Waals surface area (Å²) in [4.78, 5) is 24.2. The lowest BCUT2D eigenvalue weighted by molar-refractivity contribution is -0.120. The van der Waals surface area contributed by atoms with Crippen molar-refractivity contribution in [3.05, 3.63) is 91.4 Å². The first-order valence-corrected chi connectivity index (χ1v) is 12.4. The number of amides is 2. The summed E-state index contributed by atoms with van der Waals surface area (Å²) in [7, 11) is 1.52. The summed E-state index contributed by atoms with van der Waals surface area (Å²) in [6.07, 6.45) is 1.49. The number of halogens is 3. The molecule has 3 aromatic carbocycles. The number of nitrogens with zero attached hydrogens (tertiary/aromatic N) is 2. The van der Waals surface area contributed by atoms with Crippen LogP contribution in [0.2, 0.25) is 10.0 Å². The third kappa shape index (κ3) is 8.22. The highest BCUT2D eigenvalue weighted by Crippen LogP contribution is 2.36. The number of hydrogen-bond acceptors (Lipinski definition) is 6. The van der Waals surface area contributed by atoms with Crippen molar-refractivity contribution in [2.24, 2.45) is 5.10 Å². The van der Waals surface area contributed by atoms with Gasteiger partial charge in [0.2, 0.25) is 5.91 Å². The maximum absolute atomic E-state index is 12.1. The maximum atomic E-state index is 12.1. The van der Waals surface area contributed by atoms with Crippen molar-refractivity contribution in [3.63, 3.8) is 0 Å². The Kier molecular flexibility index (Phi) is 10.3. The van der Waals surface area contributed by atoms with E-state index in [1.165, 1.54) is 25.5 Å². The number of benzene rings is 3. The van der Waals surface area contributed by atoms with Crippen LogP contribution in [0.1, 0.15) is 33.5 Å². The fraction of sp³-hybridized carbons (Fsp3) is 0.154. The Hall–Kier alpha value is -3.58. The summed E-state index contributed by atoms with van der Waals surface area (Å²) in [5, 5.41) is 16.1. The van der Waals surface area contributed by atoms with Gasteiger partial charge in [0.25, 0.3) is 5.91 Å². The molecule has 37 heavy (non-hydrogen) atoms. The Balaban J connectivity index is 1.50. The molecule has 0 aliphatic rings. The minimum atomic E-state index is -0.376. The molecule has 11 heteroatoms. The highest BCUT2D eigenvalue weighted by molar-refractivity contribution is 9.10. The quantitative estimate of drug-likeness (QED) is 0.235. The first-order valence-electron chi connectivity index (χ1n) is 10.8. The van der Waals surface area contributed by atoms with Gasteiger partial charge in [-0.3, -0.25) is 9.59 Å². The van der Waals surface area contributed by atoms with Gasteiger partial charge in [-0.25, -0.2) is 5.43 Å². The second kappa shape index (κ2) is 13.7. The number of nitriles is 1. The number of carbonyl (C=O) groups excluding carboxylic acids is 2. The zero-order chi connectivity index (χ0) is 26.8. The largest absolute Gasteiger partial charge is 0.493 e. The van der Waals surface area contributed by atoms with Gasteiger partial charge in [-0.2, -0.15) is 10.4 Å². The number of ether oxygens (including phenoxy) is 2. The molecule has 0 aromatic heterocycles. The van der Waals surface area contributed by atoms with E-state index in [4.69, 9.17) is 37.9 Å². The minimum absolute atomic E-state index is 0.0273. The number of carbonyl (C=O) groups is 2. The fourth-order valence-electron chi connectivity index (χ4n) is 3.05. The van der Waals surface area contributed by atoms with Crippen LogP contribution in [0.15, 0.2) is 64.2 Å². The number of hydrogen-bond donors (Lipinski definition) is 2. The molecule has 2 amide bonds. The predicted octanol–water partition coefficient (Wildman–Crippen LogP) is 5.49. The highest BCUT2D eigenvalue weighted by atomic mass is 79.9. The molecule has 2 N–H and O–H groups in total. The molecule has 0 aliphatic carbocycles. The maximum Gasteiger partial charge on any atom is 0.251 e. The number of methoxy groups -OCH3 is 1. The van der Waals surface area contributed by atoms with Crippen LogP contribution in [0.3, 0.4) is 0 Å². The van der Waals surface area contributed by atoms with Crippen LogP contribution < -0.4 is 20.2 Å². The number of rotatable bonds is 10. The van der Waals surface area contributed by atoms with Crippen molar-refractivity contribution in [2.45, 2.75) is 13.0 Å². The molecular formula is C26H21BrCl2N4O4. The van der Waals surface area contributed by atoms with Gasteiger partial charge < -0.3 is 14.8 Å². The molecule has 0 atom stereocenters. The van der Waals surface area contributed by atoms with E-state index >= 15 is 0 Å². The average molecular weight is 604 g/mol. The Bertz CT molecular complexity index is 1360. The van der Waals surface area contributed by atoms with E-state index in [0.29, 0.717) is 37.7 Å². The van der Waals surface area contributed by atoms with Gasteiger partial charge in [-0.15, -0.1) is 0 Å². The van der Waals surface area contributed by atoms with Crippen LogP contribution >= 0.6 is 39.1 Å². The highest BCUT2D eigenvalue weighted by Gasteiger charge is 2.12. The van der Waals surface area contributed by atoms with Gasteiger partial charge in [0.05, 0.1) is 39.5 Å². The van der Waals surface area contributed by atoms with E-state index < -0.39 is 0 Å². The minimum Gasteiger partial charge on any atom is -0.493 e. The summed E-state index contributed by atoms with van der Waals surface area (Å²) >= 11 is 15.2. The zero-order valence-electron chi connectivity index (χ0n) is 19.6. The summed E-state index contributed by atoms with van der Waals surface area (Å²) < 4.78 is 12.0. The second-order valence-corrected chi connectivity index (χ2v) is 9.23. The molecule has 0 saturated carbocycles. The fourth-order valence-corrected chi connectivity index (χ4v) is 3.92. The van der Waals surface area contributed by atoms with Gasteiger partial charge in [-0.1, -0.05) is 35.3 Å². The Morgan fingerprint density at radius 3 is 2.54 bits per heavy atom. The number of hydrazone groups is 1. The van der Waals surface area contributed by atoms with E-state index in [1.807, 2.05) is 12.1 Å².